The second kappa shape index (κ2) is 4.37. The van der Waals surface area contributed by atoms with Crippen LogP contribution >= 0.6 is 0 Å². The van der Waals surface area contributed by atoms with Gasteiger partial charge in [0.25, 0.3) is 0 Å². The lowest BCUT2D eigenvalue weighted by atomic mass is 9.89. The molecule has 1 unspecified atom stereocenters. The lowest BCUT2D eigenvalue weighted by Crippen LogP contribution is -2.48. The van der Waals surface area contributed by atoms with Crippen molar-refractivity contribution in [1.82, 2.24) is 0 Å². The Kier molecular flexibility index (Phi) is 3.47. The second-order valence-electron chi connectivity index (χ2n) is 3.50. The Labute approximate surface area is 95.8 Å². The lowest BCUT2D eigenvalue weighted by molar-refractivity contribution is -0.254. The Morgan fingerprint density at radius 2 is 1.94 bits per heavy atom. The molecule has 0 saturated carbocycles. The predicted octanol–water partition coefficient (Wildman–Crippen LogP) is 2.03. The van der Waals surface area contributed by atoms with Gasteiger partial charge in [0.15, 0.2) is 5.78 Å². The van der Waals surface area contributed by atoms with Crippen molar-refractivity contribution in [2.75, 3.05) is 7.11 Å². The third kappa shape index (κ3) is 2.26. The van der Waals surface area contributed by atoms with Crippen LogP contribution in [0.1, 0.15) is 12.5 Å². The summed E-state index contributed by atoms with van der Waals surface area (Å²) >= 11 is 0. The molecular formula is C11H11F3O3. The Morgan fingerprint density at radius 1 is 1.35 bits per heavy atom. The van der Waals surface area contributed by atoms with Gasteiger partial charge < -0.3 is 9.84 Å². The van der Waals surface area contributed by atoms with Crippen molar-refractivity contribution in [2.45, 2.75) is 18.7 Å². The number of carbonyl (C=O) groups is 1. The molecule has 0 bridgehead atoms. The van der Waals surface area contributed by atoms with Crippen molar-refractivity contribution in [3.63, 3.8) is 0 Å². The topological polar surface area (TPSA) is 46.5 Å². The van der Waals surface area contributed by atoms with E-state index in [9.17, 15) is 23.1 Å². The maximum atomic E-state index is 12.8. The van der Waals surface area contributed by atoms with E-state index in [4.69, 9.17) is 4.74 Å². The summed E-state index contributed by atoms with van der Waals surface area (Å²) in [5.41, 5.74) is -4.06. The number of aliphatic hydroxyl groups is 1. The van der Waals surface area contributed by atoms with Crippen LogP contribution in [0.2, 0.25) is 0 Å². The molecule has 0 radical (unpaired) electrons. The standard InChI is InChI=1S/C11H11F3O3/c1-7(15)10(16,11(12,13)14)8-4-3-5-9(6-8)17-2/h3-6,16H,1-2H3. The molecule has 1 rings (SSSR count). The quantitative estimate of drug-likeness (QED) is 0.890. The number of hydrogen-bond acceptors (Lipinski definition) is 3. The van der Waals surface area contributed by atoms with Crippen molar-refractivity contribution < 1.29 is 27.8 Å². The molecule has 0 aliphatic heterocycles. The summed E-state index contributed by atoms with van der Waals surface area (Å²) in [6.07, 6.45) is -5.08. The fraction of sp³-hybridized carbons (Fsp3) is 0.364. The van der Waals surface area contributed by atoms with Crippen LogP contribution in [0.4, 0.5) is 13.2 Å². The average Bonchev–Trinajstić information content (AvgIpc) is 2.26. The zero-order valence-electron chi connectivity index (χ0n) is 9.21. The number of ether oxygens (including phenoxy) is 1. The predicted molar refractivity (Wildman–Crippen MR) is 53.6 cm³/mol. The maximum absolute atomic E-state index is 12.8. The van der Waals surface area contributed by atoms with Gasteiger partial charge in [0.1, 0.15) is 5.75 Å². The number of carbonyl (C=O) groups excluding carboxylic acids is 1. The number of benzene rings is 1. The monoisotopic (exact) mass is 248 g/mol. The summed E-state index contributed by atoms with van der Waals surface area (Å²) in [4.78, 5) is 11.1. The highest BCUT2D eigenvalue weighted by Gasteiger charge is 2.58. The molecule has 1 aromatic rings. The van der Waals surface area contributed by atoms with Crippen LogP contribution in [0.5, 0.6) is 5.75 Å². The fourth-order valence-corrected chi connectivity index (χ4v) is 1.41. The summed E-state index contributed by atoms with van der Waals surface area (Å²) in [6, 6.07) is 4.69. The average molecular weight is 248 g/mol. The van der Waals surface area contributed by atoms with Crippen LogP contribution < -0.4 is 4.74 Å². The number of alkyl halides is 3. The van der Waals surface area contributed by atoms with Gasteiger partial charge in [-0.3, -0.25) is 4.79 Å². The molecule has 1 aromatic carbocycles. The number of methoxy groups -OCH3 is 1. The summed E-state index contributed by atoms with van der Waals surface area (Å²) in [6.45, 7) is 0.687. The van der Waals surface area contributed by atoms with Gasteiger partial charge in [-0.2, -0.15) is 13.2 Å². The van der Waals surface area contributed by atoms with E-state index < -0.39 is 23.1 Å². The minimum atomic E-state index is -5.08. The van der Waals surface area contributed by atoms with Gasteiger partial charge in [-0.1, -0.05) is 12.1 Å². The molecule has 1 N–H and O–H groups in total. The highest BCUT2D eigenvalue weighted by Crippen LogP contribution is 2.40. The first kappa shape index (κ1) is 13.5. The molecule has 94 valence electrons. The van der Waals surface area contributed by atoms with E-state index >= 15 is 0 Å². The van der Waals surface area contributed by atoms with Gasteiger partial charge in [0, 0.05) is 5.56 Å². The van der Waals surface area contributed by atoms with Gasteiger partial charge in [-0.25, -0.2) is 0 Å². The van der Waals surface area contributed by atoms with Gasteiger partial charge >= 0.3 is 6.18 Å². The van der Waals surface area contributed by atoms with Gasteiger partial charge in [-0.15, -0.1) is 0 Å². The van der Waals surface area contributed by atoms with Crippen molar-refractivity contribution in [3.8, 4) is 5.75 Å². The molecular weight excluding hydrogens is 237 g/mol. The third-order valence-electron chi connectivity index (χ3n) is 2.41. The van der Waals surface area contributed by atoms with E-state index in [1.807, 2.05) is 0 Å². The zero-order chi connectivity index (χ0) is 13.3. The minimum absolute atomic E-state index is 0.131. The normalized spacial score (nSPS) is 15.2. The van der Waals surface area contributed by atoms with E-state index in [2.05, 4.69) is 0 Å². The zero-order valence-corrected chi connectivity index (χ0v) is 9.21. The molecule has 0 saturated heterocycles. The van der Waals surface area contributed by atoms with Crippen LogP contribution in [-0.2, 0) is 10.4 Å². The van der Waals surface area contributed by atoms with Gasteiger partial charge in [-0.05, 0) is 19.1 Å². The summed E-state index contributed by atoms with van der Waals surface area (Å²) in [7, 11) is 1.28. The first-order chi connectivity index (χ1) is 7.73. The SMILES string of the molecule is COc1cccc(C(O)(C(C)=O)C(F)(F)F)c1. The van der Waals surface area contributed by atoms with Crippen LogP contribution in [0.25, 0.3) is 0 Å². The van der Waals surface area contributed by atoms with Crippen LogP contribution in [0.15, 0.2) is 24.3 Å². The Balaban J connectivity index is 3.38. The Morgan fingerprint density at radius 3 is 2.35 bits per heavy atom. The van der Waals surface area contributed by atoms with Gasteiger partial charge in [0.05, 0.1) is 7.11 Å². The molecule has 0 aliphatic rings. The van der Waals surface area contributed by atoms with Crippen molar-refractivity contribution in [1.29, 1.82) is 0 Å². The number of ketones is 1. The highest BCUT2D eigenvalue weighted by molar-refractivity contribution is 5.87. The third-order valence-corrected chi connectivity index (χ3v) is 2.41. The smallest absolute Gasteiger partial charge is 0.428 e. The molecule has 0 aromatic heterocycles. The van der Waals surface area contributed by atoms with E-state index in [0.29, 0.717) is 6.92 Å². The summed E-state index contributed by atoms with van der Waals surface area (Å²) < 4.78 is 43.0. The molecule has 6 heteroatoms. The molecule has 0 amide bonds. The van der Waals surface area contributed by atoms with E-state index in [1.165, 1.54) is 19.2 Å². The first-order valence-electron chi connectivity index (χ1n) is 4.68. The highest BCUT2D eigenvalue weighted by atomic mass is 19.4. The molecule has 0 spiro atoms. The Bertz CT molecular complexity index is 428. The summed E-state index contributed by atoms with van der Waals surface area (Å²) in [5.74, 6) is -1.26. The molecule has 17 heavy (non-hydrogen) atoms. The van der Waals surface area contributed by atoms with Crippen molar-refractivity contribution >= 4 is 5.78 Å². The largest absolute Gasteiger partial charge is 0.497 e. The fourth-order valence-electron chi connectivity index (χ4n) is 1.41. The van der Waals surface area contributed by atoms with E-state index in [1.54, 1.807) is 0 Å². The number of halogens is 3. The number of rotatable bonds is 3. The molecule has 0 heterocycles. The molecule has 1 atom stereocenters. The van der Waals surface area contributed by atoms with Crippen LogP contribution in [0, 0.1) is 0 Å². The second-order valence-corrected chi connectivity index (χ2v) is 3.50. The van der Waals surface area contributed by atoms with E-state index in [-0.39, 0.29) is 5.75 Å². The number of hydrogen-bond donors (Lipinski definition) is 1. The van der Waals surface area contributed by atoms with E-state index in [0.717, 1.165) is 12.1 Å². The molecule has 0 aliphatic carbocycles. The number of Topliss-reactive ketones (excluding diaryl/α,β-unsaturated/α-hetero) is 1. The van der Waals surface area contributed by atoms with Crippen molar-refractivity contribution in [2.24, 2.45) is 0 Å². The first-order valence-corrected chi connectivity index (χ1v) is 4.68. The van der Waals surface area contributed by atoms with Crippen LogP contribution in [-0.4, -0.2) is 24.2 Å². The van der Waals surface area contributed by atoms with Crippen LogP contribution in [0.3, 0.4) is 0 Å². The maximum Gasteiger partial charge on any atom is 0.428 e. The lowest BCUT2D eigenvalue weighted by Gasteiger charge is -2.28. The van der Waals surface area contributed by atoms with Crippen molar-refractivity contribution in [3.05, 3.63) is 29.8 Å². The van der Waals surface area contributed by atoms with Gasteiger partial charge in [0.2, 0.25) is 5.60 Å². The minimum Gasteiger partial charge on any atom is -0.497 e. The Hall–Kier alpha value is -1.56. The molecule has 3 nitrogen and oxygen atoms in total. The summed E-state index contributed by atoms with van der Waals surface area (Å²) in [5, 5.41) is 9.59. The molecule has 0 fully saturated rings.